The van der Waals surface area contributed by atoms with Crippen molar-refractivity contribution in [1.29, 1.82) is 0 Å². The van der Waals surface area contributed by atoms with Gasteiger partial charge in [-0.05, 0) is 49.6 Å². The molecule has 1 atom stereocenters. The highest BCUT2D eigenvalue weighted by molar-refractivity contribution is 5.95. The van der Waals surface area contributed by atoms with E-state index in [-0.39, 0.29) is 23.8 Å². The van der Waals surface area contributed by atoms with Gasteiger partial charge in [-0.15, -0.1) is 0 Å². The Morgan fingerprint density at radius 1 is 1.07 bits per heavy atom. The van der Waals surface area contributed by atoms with Crippen molar-refractivity contribution >= 4 is 11.9 Å². The maximum absolute atomic E-state index is 13.0. The molecule has 3 rings (SSSR count). The zero-order valence-corrected chi connectivity index (χ0v) is 16.5. The molecule has 1 unspecified atom stereocenters. The van der Waals surface area contributed by atoms with Gasteiger partial charge in [0.15, 0.2) is 0 Å². The molecule has 5 heteroatoms. The van der Waals surface area contributed by atoms with Crippen LogP contribution in [0.2, 0.25) is 0 Å². The minimum Gasteiger partial charge on any atom is -0.489 e. The van der Waals surface area contributed by atoms with Crippen LogP contribution in [-0.4, -0.2) is 36.0 Å². The molecule has 0 N–H and O–H groups in total. The average molecular weight is 381 g/mol. The Morgan fingerprint density at radius 3 is 2.36 bits per heavy atom. The Bertz CT molecular complexity index is 784. The highest BCUT2D eigenvalue weighted by Gasteiger charge is 2.35. The summed E-state index contributed by atoms with van der Waals surface area (Å²) in [5.74, 6) is 0.0788. The lowest BCUT2D eigenvalue weighted by Gasteiger charge is -2.25. The minimum atomic E-state index is -0.335. The van der Waals surface area contributed by atoms with Crippen molar-refractivity contribution in [1.82, 2.24) is 4.90 Å². The standard InChI is InChI=1S/C23H27NO4/c1-3-27-23(26)17(2)15-24(20-11-12-20)22(25)19-9-13-21(14-10-19)28-16-18-7-5-4-6-8-18/h4-10,13-14,17,20H,3,11-12,15-16H2,1-2H3. The predicted octanol–water partition coefficient (Wildman–Crippen LogP) is 4.07. The van der Waals surface area contributed by atoms with E-state index >= 15 is 0 Å². The van der Waals surface area contributed by atoms with Gasteiger partial charge in [-0.2, -0.15) is 0 Å². The summed E-state index contributed by atoms with van der Waals surface area (Å²) < 4.78 is 10.9. The van der Waals surface area contributed by atoms with Crippen LogP contribution in [0.15, 0.2) is 54.6 Å². The fourth-order valence-electron chi connectivity index (χ4n) is 3.04. The van der Waals surface area contributed by atoms with Gasteiger partial charge in [0.1, 0.15) is 12.4 Å². The maximum atomic E-state index is 13.0. The van der Waals surface area contributed by atoms with E-state index in [9.17, 15) is 9.59 Å². The lowest BCUT2D eigenvalue weighted by atomic mass is 10.1. The van der Waals surface area contributed by atoms with Gasteiger partial charge in [-0.3, -0.25) is 9.59 Å². The molecule has 2 aromatic rings. The van der Waals surface area contributed by atoms with Crippen molar-refractivity contribution in [3.63, 3.8) is 0 Å². The molecule has 1 fully saturated rings. The number of esters is 1. The van der Waals surface area contributed by atoms with Gasteiger partial charge < -0.3 is 14.4 Å². The van der Waals surface area contributed by atoms with Crippen molar-refractivity contribution in [3.8, 4) is 5.75 Å². The number of hydrogen-bond acceptors (Lipinski definition) is 4. The first-order valence-electron chi connectivity index (χ1n) is 9.83. The van der Waals surface area contributed by atoms with E-state index in [4.69, 9.17) is 9.47 Å². The number of hydrogen-bond donors (Lipinski definition) is 0. The first-order chi connectivity index (χ1) is 13.6. The van der Waals surface area contributed by atoms with E-state index in [1.807, 2.05) is 42.5 Å². The Hall–Kier alpha value is -2.82. The minimum absolute atomic E-state index is 0.0479. The number of nitrogens with zero attached hydrogens (tertiary/aromatic N) is 1. The van der Waals surface area contributed by atoms with E-state index in [2.05, 4.69) is 0 Å². The number of rotatable bonds is 9. The number of carbonyl (C=O) groups is 2. The second-order valence-electron chi connectivity index (χ2n) is 7.14. The van der Waals surface area contributed by atoms with Gasteiger partial charge in [0.05, 0.1) is 12.5 Å². The third kappa shape index (κ3) is 5.35. The molecule has 28 heavy (non-hydrogen) atoms. The SMILES string of the molecule is CCOC(=O)C(C)CN(C(=O)c1ccc(OCc2ccccc2)cc1)C1CC1. The Kier molecular flexibility index (Phi) is 6.69. The smallest absolute Gasteiger partial charge is 0.310 e. The van der Waals surface area contributed by atoms with E-state index < -0.39 is 0 Å². The molecule has 0 heterocycles. The molecular formula is C23H27NO4. The summed E-state index contributed by atoms with van der Waals surface area (Å²) >= 11 is 0. The lowest BCUT2D eigenvalue weighted by molar-refractivity contribution is -0.147. The van der Waals surface area contributed by atoms with E-state index in [1.54, 1.807) is 30.9 Å². The maximum Gasteiger partial charge on any atom is 0.310 e. The summed E-state index contributed by atoms with van der Waals surface area (Å²) in [5.41, 5.74) is 1.70. The zero-order chi connectivity index (χ0) is 19.9. The molecule has 1 saturated carbocycles. The largest absolute Gasteiger partial charge is 0.489 e. The van der Waals surface area contributed by atoms with Gasteiger partial charge in [0, 0.05) is 18.2 Å². The molecule has 0 radical (unpaired) electrons. The van der Waals surface area contributed by atoms with Crippen LogP contribution in [0, 0.1) is 5.92 Å². The summed E-state index contributed by atoms with van der Waals surface area (Å²) in [5, 5.41) is 0. The molecule has 148 valence electrons. The van der Waals surface area contributed by atoms with E-state index in [0.29, 0.717) is 25.3 Å². The van der Waals surface area contributed by atoms with Crippen molar-refractivity contribution in [3.05, 3.63) is 65.7 Å². The van der Waals surface area contributed by atoms with Crippen molar-refractivity contribution in [2.24, 2.45) is 5.92 Å². The molecular weight excluding hydrogens is 354 g/mol. The van der Waals surface area contributed by atoms with Crippen molar-refractivity contribution in [2.75, 3.05) is 13.2 Å². The predicted molar refractivity (Wildman–Crippen MR) is 107 cm³/mol. The summed E-state index contributed by atoms with van der Waals surface area (Å²) in [6.45, 7) is 4.82. The lowest BCUT2D eigenvalue weighted by Crippen LogP contribution is -2.39. The van der Waals surface area contributed by atoms with Crippen LogP contribution in [-0.2, 0) is 16.1 Å². The third-order valence-electron chi connectivity index (χ3n) is 4.76. The molecule has 2 aromatic carbocycles. The zero-order valence-electron chi connectivity index (χ0n) is 16.5. The first kappa shape index (κ1) is 19.9. The van der Waals surface area contributed by atoms with Crippen LogP contribution < -0.4 is 4.74 Å². The molecule has 0 spiro atoms. The number of benzene rings is 2. The van der Waals surface area contributed by atoms with Gasteiger partial charge in [0.25, 0.3) is 5.91 Å². The van der Waals surface area contributed by atoms with Crippen LogP contribution in [0.1, 0.15) is 42.6 Å². The molecule has 1 amide bonds. The molecule has 0 bridgehead atoms. The quantitative estimate of drug-likeness (QED) is 0.615. The fourth-order valence-corrected chi connectivity index (χ4v) is 3.04. The monoisotopic (exact) mass is 381 g/mol. The highest BCUT2D eigenvalue weighted by atomic mass is 16.5. The molecule has 0 aliphatic heterocycles. The molecule has 1 aliphatic carbocycles. The summed E-state index contributed by atoms with van der Waals surface area (Å²) in [6.07, 6.45) is 1.97. The molecule has 0 aromatic heterocycles. The van der Waals surface area contributed by atoms with Crippen LogP contribution in [0.3, 0.4) is 0 Å². The van der Waals surface area contributed by atoms with Gasteiger partial charge >= 0.3 is 5.97 Å². The summed E-state index contributed by atoms with van der Waals surface area (Å²) in [7, 11) is 0. The Labute approximate surface area is 166 Å². The molecule has 1 aliphatic rings. The first-order valence-corrected chi connectivity index (χ1v) is 9.83. The van der Waals surface area contributed by atoms with Gasteiger partial charge in [0.2, 0.25) is 0 Å². The second-order valence-corrected chi connectivity index (χ2v) is 7.14. The van der Waals surface area contributed by atoms with Crippen LogP contribution in [0.5, 0.6) is 5.75 Å². The Morgan fingerprint density at radius 2 is 1.75 bits per heavy atom. The van der Waals surface area contributed by atoms with Gasteiger partial charge in [-0.1, -0.05) is 37.3 Å². The topological polar surface area (TPSA) is 55.8 Å². The average Bonchev–Trinajstić information content (AvgIpc) is 3.56. The Balaban J connectivity index is 1.61. The van der Waals surface area contributed by atoms with E-state index in [0.717, 1.165) is 24.2 Å². The number of amides is 1. The van der Waals surface area contributed by atoms with Crippen molar-refractivity contribution < 1.29 is 19.1 Å². The summed E-state index contributed by atoms with van der Waals surface area (Å²) in [4.78, 5) is 26.7. The third-order valence-corrected chi connectivity index (χ3v) is 4.76. The van der Waals surface area contributed by atoms with E-state index in [1.165, 1.54) is 0 Å². The highest BCUT2D eigenvalue weighted by Crippen LogP contribution is 2.29. The number of ether oxygens (including phenoxy) is 2. The summed E-state index contributed by atoms with van der Waals surface area (Å²) in [6, 6.07) is 17.4. The van der Waals surface area contributed by atoms with Crippen LogP contribution in [0.25, 0.3) is 0 Å². The van der Waals surface area contributed by atoms with Crippen LogP contribution in [0.4, 0.5) is 0 Å². The molecule has 0 saturated heterocycles. The number of carbonyl (C=O) groups excluding carboxylic acids is 2. The fraction of sp³-hybridized carbons (Fsp3) is 0.391. The van der Waals surface area contributed by atoms with Crippen molar-refractivity contribution in [2.45, 2.75) is 39.3 Å². The van der Waals surface area contributed by atoms with Crippen LogP contribution >= 0.6 is 0 Å². The normalized spacial score (nSPS) is 14.2. The molecule has 5 nitrogen and oxygen atoms in total. The second kappa shape index (κ2) is 9.40. The van der Waals surface area contributed by atoms with Gasteiger partial charge in [-0.25, -0.2) is 0 Å².